The molecule has 1 saturated heterocycles. The molecule has 0 spiro atoms. The molecule has 6 nitrogen and oxygen atoms in total. The molecule has 1 heterocycles. The van der Waals surface area contributed by atoms with E-state index in [1.54, 1.807) is 0 Å². The third-order valence-electron chi connectivity index (χ3n) is 5.91. The summed E-state index contributed by atoms with van der Waals surface area (Å²) in [4.78, 5) is 27.8. The van der Waals surface area contributed by atoms with Crippen molar-refractivity contribution in [3.63, 3.8) is 0 Å². The van der Waals surface area contributed by atoms with E-state index in [1.807, 2.05) is 23.1 Å². The van der Waals surface area contributed by atoms with Crippen LogP contribution in [0, 0.1) is 5.92 Å². The fourth-order valence-corrected chi connectivity index (χ4v) is 4.37. The number of halogens is 1. The summed E-state index contributed by atoms with van der Waals surface area (Å²) >= 11 is 6.32. The van der Waals surface area contributed by atoms with Crippen molar-refractivity contribution in [1.29, 1.82) is 0 Å². The Bertz CT molecular complexity index is 668. The van der Waals surface area contributed by atoms with Crippen LogP contribution in [0.15, 0.2) is 24.3 Å². The highest BCUT2D eigenvalue weighted by molar-refractivity contribution is 6.31. The summed E-state index contributed by atoms with van der Waals surface area (Å²) in [6.07, 6.45) is 2.77. The number of hydrogen-bond acceptors (Lipinski definition) is 3. The molecule has 1 aromatic carbocycles. The predicted octanol–water partition coefficient (Wildman–Crippen LogP) is 3.37. The first-order valence-electron chi connectivity index (χ1n) is 9.72. The lowest BCUT2D eigenvalue weighted by Crippen LogP contribution is -2.54. The number of piperazine rings is 1. The van der Waals surface area contributed by atoms with Crippen molar-refractivity contribution < 1.29 is 14.7 Å². The van der Waals surface area contributed by atoms with E-state index in [1.165, 1.54) is 0 Å². The van der Waals surface area contributed by atoms with Crippen LogP contribution in [0.1, 0.15) is 44.2 Å². The van der Waals surface area contributed by atoms with Crippen molar-refractivity contribution in [2.75, 3.05) is 26.2 Å². The van der Waals surface area contributed by atoms with Gasteiger partial charge >= 0.3 is 12.0 Å². The lowest BCUT2D eigenvalue weighted by atomic mass is 9.86. The third kappa shape index (κ3) is 4.93. The van der Waals surface area contributed by atoms with Gasteiger partial charge in [-0.05, 0) is 44.2 Å². The number of nitrogens with zero attached hydrogens (tertiary/aromatic N) is 2. The Kier molecular flexibility index (Phi) is 6.60. The molecule has 0 aromatic heterocycles. The molecular weight excluding hydrogens is 366 g/mol. The Labute approximate surface area is 165 Å². The lowest BCUT2D eigenvalue weighted by molar-refractivity contribution is -0.142. The number of urea groups is 1. The molecule has 2 aliphatic rings. The maximum absolute atomic E-state index is 12.5. The van der Waals surface area contributed by atoms with Gasteiger partial charge in [0.25, 0.3) is 0 Å². The lowest BCUT2D eigenvalue weighted by Gasteiger charge is -2.39. The summed E-state index contributed by atoms with van der Waals surface area (Å²) in [5, 5.41) is 12.9. The molecule has 1 unspecified atom stereocenters. The van der Waals surface area contributed by atoms with Crippen molar-refractivity contribution in [2.24, 2.45) is 5.92 Å². The smallest absolute Gasteiger partial charge is 0.317 e. The highest BCUT2D eigenvalue weighted by Gasteiger charge is 2.29. The van der Waals surface area contributed by atoms with E-state index in [0.29, 0.717) is 25.9 Å². The van der Waals surface area contributed by atoms with Crippen molar-refractivity contribution in [3.8, 4) is 0 Å². The highest BCUT2D eigenvalue weighted by Crippen LogP contribution is 2.28. The second-order valence-electron chi connectivity index (χ2n) is 7.56. The predicted molar refractivity (Wildman–Crippen MR) is 105 cm³/mol. The van der Waals surface area contributed by atoms with Crippen LogP contribution >= 0.6 is 11.6 Å². The molecule has 2 fully saturated rings. The van der Waals surface area contributed by atoms with E-state index in [2.05, 4.69) is 23.2 Å². The molecule has 2 amide bonds. The topological polar surface area (TPSA) is 72.9 Å². The fourth-order valence-electron chi connectivity index (χ4n) is 4.07. The number of carbonyl (C=O) groups is 2. The Morgan fingerprint density at radius 2 is 1.74 bits per heavy atom. The monoisotopic (exact) mass is 393 g/mol. The van der Waals surface area contributed by atoms with Gasteiger partial charge in [-0.1, -0.05) is 29.8 Å². The van der Waals surface area contributed by atoms with Crippen LogP contribution in [-0.4, -0.2) is 59.1 Å². The summed E-state index contributed by atoms with van der Waals surface area (Å²) in [5.41, 5.74) is 1.12. The van der Waals surface area contributed by atoms with Gasteiger partial charge in [0.05, 0.1) is 5.92 Å². The number of rotatable bonds is 4. The zero-order chi connectivity index (χ0) is 19.4. The SMILES string of the molecule is CC(c1ccccc1Cl)N1CCN(C(=O)NC2CCC(C(=O)O)CC2)CC1. The Morgan fingerprint density at radius 3 is 2.33 bits per heavy atom. The summed E-state index contributed by atoms with van der Waals surface area (Å²) in [5.74, 6) is -0.975. The van der Waals surface area contributed by atoms with Crippen LogP contribution in [0.5, 0.6) is 0 Å². The van der Waals surface area contributed by atoms with E-state index in [0.717, 1.165) is 36.5 Å². The van der Waals surface area contributed by atoms with Gasteiger partial charge < -0.3 is 15.3 Å². The molecule has 0 bridgehead atoms. The van der Waals surface area contributed by atoms with Gasteiger partial charge in [-0.3, -0.25) is 9.69 Å². The summed E-state index contributed by atoms with van der Waals surface area (Å²) < 4.78 is 0. The van der Waals surface area contributed by atoms with Crippen LogP contribution in [-0.2, 0) is 4.79 Å². The van der Waals surface area contributed by atoms with Gasteiger partial charge in [0.15, 0.2) is 0 Å². The van der Waals surface area contributed by atoms with E-state index < -0.39 is 5.97 Å². The summed E-state index contributed by atoms with van der Waals surface area (Å²) in [6, 6.07) is 8.18. The molecule has 1 aromatic rings. The minimum atomic E-state index is -0.719. The molecule has 1 aliphatic heterocycles. The van der Waals surface area contributed by atoms with E-state index in [-0.39, 0.29) is 24.0 Å². The normalized spacial score (nSPS) is 25.0. The van der Waals surface area contributed by atoms with E-state index >= 15 is 0 Å². The molecule has 2 N–H and O–H groups in total. The van der Waals surface area contributed by atoms with Crippen molar-refractivity contribution in [3.05, 3.63) is 34.9 Å². The first kappa shape index (κ1) is 20.0. The van der Waals surface area contributed by atoms with Gasteiger partial charge in [0.2, 0.25) is 0 Å². The van der Waals surface area contributed by atoms with Gasteiger partial charge in [-0.25, -0.2) is 4.79 Å². The number of nitrogens with one attached hydrogen (secondary N) is 1. The van der Waals surface area contributed by atoms with Gasteiger partial charge in [0, 0.05) is 43.3 Å². The average molecular weight is 394 g/mol. The van der Waals surface area contributed by atoms with Crippen LogP contribution in [0.4, 0.5) is 4.79 Å². The maximum Gasteiger partial charge on any atom is 0.317 e. The minimum absolute atomic E-state index is 0.0289. The second-order valence-corrected chi connectivity index (χ2v) is 7.96. The van der Waals surface area contributed by atoms with Crippen LogP contribution in [0.25, 0.3) is 0 Å². The number of benzene rings is 1. The average Bonchev–Trinajstić information content (AvgIpc) is 2.68. The van der Waals surface area contributed by atoms with Crippen LogP contribution in [0.3, 0.4) is 0 Å². The molecule has 1 atom stereocenters. The van der Waals surface area contributed by atoms with Crippen LogP contribution in [0.2, 0.25) is 5.02 Å². The van der Waals surface area contributed by atoms with Crippen molar-refractivity contribution in [1.82, 2.24) is 15.1 Å². The summed E-state index contributed by atoms with van der Waals surface area (Å²) in [7, 11) is 0. The zero-order valence-electron chi connectivity index (χ0n) is 15.7. The molecule has 0 radical (unpaired) electrons. The zero-order valence-corrected chi connectivity index (χ0v) is 16.5. The number of aliphatic carboxylic acids is 1. The minimum Gasteiger partial charge on any atom is -0.481 e. The Balaban J connectivity index is 1.46. The molecule has 1 saturated carbocycles. The number of carboxylic acid groups (broad SMARTS) is 1. The summed E-state index contributed by atoms with van der Waals surface area (Å²) in [6.45, 7) is 5.14. The first-order valence-corrected chi connectivity index (χ1v) is 10.1. The van der Waals surface area contributed by atoms with E-state index in [9.17, 15) is 9.59 Å². The highest BCUT2D eigenvalue weighted by atomic mass is 35.5. The number of amides is 2. The van der Waals surface area contributed by atoms with Gasteiger partial charge in [0.1, 0.15) is 0 Å². The van der Waals surface area contributed by atoms with Crippen LogP contribution < -0.4 is 5.32 Å². The molecule has 148 valence electrons. The molecule has 27 heavy (non-hydrogen) atoms. The van der Waals surface area contributed by atoms with Crippen molar-refractivity contribution in [2.45, 2.75) is 44.7 Å². The van der Waals surface area contributed by atoms with Gasteiger partial charge in [-0.2, -0.15) is 0 Å². The van der Waals surface area contributed by atoms with Gasteiger partial charge in [-0.15, -0.1) is 0 Å². The molecule has 7 heteroatoms. The standard InChI is InChI=1S/C20H28ClN3O3/c1-14(17-4-2-3-5-18(17)21)23-10-12-24(13-11-23)20(27)22-16-8-6-15(7-9-16)19(25)26/h2-5,14-16H,6-13H2,1H3,(H,22,27)(H,25,26). The number of carboxylic acids is 1. The quantitative estimate of drug-likeness (QED) is 0.822. The number of carbonyl (C=O) groups excluding carboxylic acids is 1. The number of hydrogen-bond donors (Lipinski definition) is 2. The first-order chi connectivity index (χ1) is 13.0. The largest absolute Gasteiger partial charge is 0.481 e. The van der Waals surface area contributed by atoms with E-state index in [4.69, 9.17) is 16.7 Å². The third-order valence-corrected chi connectivity index (χ3v) is 6.25. The maximum atomic E-state index is 12.5. The molecule has 1 aliphatic carbocycles. The molecular formula is C20H28ClN3O3. The van der Waals surface area contributed by atoms with Crippen molar-refractivity contribution >= 4 is 23.6 Å². The second kappa shape index (κ2) is 8.93. The molecule has 3 rings (SSSR count). The Hall–Kier alpha value is -1.79. The fraction of sp³-hybridized carbons (Fsp3) is 0.600. The Morgan fingerprint density at radius 1 is 1.11 bits per heavy atom.